The normalized spacial score (nSPS) is 13.8. The summed E-state index contributed by atoms with van der Waals surface area (Å²) in [6.07, 6.45) is 1.78. The van der Waals surface area contributed by atoms with Gasteiger partial charge in [0.25, 0.3) is 5.91 Å². The summed E-state index contributed by atoms with van der Waals surface area (Å²) in [6, 6.07) is 7.26. The Morgan fingerprint density at radius 2 is 2.11 bits per heavy atom. The second-order valence-electron chi connectivity index (χ2n) is 4.51. The fourth-order valence-corrected chi connectivity index (χ4v) is 2.58. The monoisotopic (exact) mass is 313 g/mol. The number of para-hydroxylation sites is 1. The molecule has 0 saturated heterocycles. The summed E-state index contributed by atoms with van der Waals surface area (Å²) in [7, 11) is 1.57. The van der Waals surface area contributed by atoms with Gasteiger partial charge in [-0.2, -0.15) is 0 Å². The second kappa shape index (κ2) is 6.78. The van der Waals surface area contributed by atoms with Gasteiger partial charge in [0.15, 0.2) is 0 Å². The number of benzene rings is 1. The lowest BCUT2D eigenvalue weighted by molar-refractivity contribution is 0.0898. The van der Waals surface area contributed by atoms with E-state index >= 15 is 0 Å². The van der Waals surface area contributed by atoms with Crippen molar-refractivity contribution in [2.75, 3.05) is 12.4 Å². The predicted molar refractivity (Wildman–Crippen MR) is 77.6 cm³/mol. The number of alkyl halides is 1. The largest absolute Gasteiger partial charge is 0.496 e. The van der Waals surface area contributed by atoms with E-state index in [-0.39, 0.29) is 11.4 Å². The van der Waals surface area contributed by atoms with E-state index in [2.05, 4.69) is 35.1 Å². The number of amides is 1. The summed E-state index contributed by atoms with van der Waals surface area (Å²) in [6.45, 7) is 4.13. The zero-order chi connectivity index (χ0) is 13.6. The lowest BCUT2D eigenvalue weighted by atomic mass is 9.95. The van der Waals surface area contributed by atoms with Gasteiger partial charge in [0.05, 0.1) is 12.7 Å². The summed E-state index contributed by atoms with van der Waals surface area (Å²) in [5, 5.41) is 3.95. The Balaban J connectivity index is 2.87. The Bertz CT molecular complexity index is 409. The van der Waals surface area contributed by atoms with E-state index in [1.54, 1.807) is 19.2 Å². The van der Waals surface area contributed by atoms with Crippen LogP contribution < -0.4 is 10.1 Å². The summed E-state index contributed by atoms with van der Waals surface area (Å²) in [5.74, 6) is 0.519. The molecule has 0 fully saturated rings. The van der Waals surface area contributed by atoms with Crippen LogP contribution in [0.4, 0.5) is 0 Å². The number of carbonyl (C=O) groups excluding carboxylic acids is 1. The van der Waals surface area contributed by atoms with Crippen molar-refractivity contribution in [1.29, 1.82) is 0 Å². The SMILES string of the molecule is CCC(C)(CCBr)NC(=O)c1ccccc1OC. The van der Waals surface area contributed by atoms with Crippen LogP contribution in [-0.2, 0) is 0 Å². The Hall–Kier alpha value is -1.03. The second-order valence-corrected chi connectivity index (χ2v) is 5.30. The molecular formula is C14H20BrNO2. The van der Waals surface area contributed by atoms with E-state index < -0.39 is 0 Å². The number of hydrogen-bond donors (Lipinski definition) is 1. The molecule has 0 heterocycles. The molecule has 1 aromatic carbocycles. The lowest BCUT2D eigenvalue weighted by Gasteiger charge is -2.29. The van der Waals surface area contributed by atoms with Crippen LogP contribution in [0.2, 0.25) is 0 Å². The van der Waals surface area contributed by atoms with E-state index in [0.29, 0.717) is 11.3 Å². The molecule has 0 aliphatic carbocycles. The van der Waals surface area contributed by atoms with Crippen LogP contribution in [-0.4, -0.2) is 23.9 Å². The van der Waals surface area contributed by atoms with Gasteiger partial charge in [-0.3, -0.25) is 4.79 Å². The maximum atomic E-state index is 12.3. The van der Waals surface area contributed by atoms with Crippen LogP contribution in [0.15, 0.2) is 24.3 Å². The van der Waals surface area contributed by atoms with Crippen LogP contribution in [0.25, 0.3) is 0 Å². The van der Waals surface area contributed by atoms with Crippen molar-refractivity contribution in [3.8, 4) is 5.75 Å². The first kappa shape index (κ1) is 15.0. The predicted octanol–water partition coefficient (Wildman–Crippen LogP) is 3.38. The first-order valence-corrected chi connectivity index (χ1v) is 7.20. The maximum Gasteiger partial charge on any atom is 0.255 e. The van der Waals surface area contributed by atoms with E-state index in [1.165, 1.54) is 0 Å². The molecule has 1 rings (SSSR count). The van der Waals surface area contributed by atoms with Crippen LogP contribution in [0.5, 0.6) is 5.75 Å². The lowest BCUT2D eigenvalue weighted by Crippen LogP contribution is -2.45. The van der Waals surface area contributed by atoms with Crippen LogP contribution in [0, 0.1) is 0 Å². The minimum absolute atomic E-state index is 0.0854. The van der Waals surface area contributed by atoms with Gasteiger partial charge in [0.2, 0.25) is 0 Å². The highest BCUT2D eigenvalue weighted by atomic mass is 79.9. The Labute approximate surface area is 117 Å². The molecule has 0 spiro atoms. The number of halogens is 1. The fraction of sp³-hybridized carbons (Fsp3) is 0.500. The highest BCUT2D eigenvalue weighted by Gasteiger charge is 2.25. The summed E-state index contributed by atoms with van der Waals surface area (Å²) in [4.78, 5) is 12.3. The molecule has 100 valence electrons. The number of nitrogens with one attached hydrogen (secondary N) is 1. The maximum absolute atomic E-state index is 12.3. The number of rotatable bonds is 6. The Morgan fingerprint density at radius 3 is 2.67 bits per heavy atom. The number of methoxy groups -OCH3 is 1. The first-order valence-electron chi connectivity index (χ1n) is 6.08. The molecule has 0 aliphatic heterocycles. The van der Waals surface area contributed by atoms with Gasteiger partial charge in [0.1, 0.15) is 5.75 Å². The highest BCUT2D eigenvalue weighted by molar-refractivity contribution is 9.09. The summed E-state index contributed by atoms with van der Waals surface area (Å²) in [5.41, 5.74) is 0.385. The minimum Gasteiger partial charge on any atom is -0.496 e. The van der Waals surface area contributed by atoms with E-state index in [4.69, 9.17) is 4.74 Å². The molecule has 1 N–H and O–H groups in total. The molecule has 0 radical (unpaired) electrons. The number of hydrogen-bond acceptors (Lipinski definition) is 2. The third-order valence-electron chi connectivity index (χ3n) is 3.19. The molecule has 3 nitrogen and oxygen atoms in total. The summed E-state index contributed by atoms with van der Waals surface area (Å²) >= 11 is 3.42. The standard InChI is InChI=1S/C14H20BrNO2/c1-4-14(2,9-10-15)16-13(17)11-7-5-6-8-12(11)18-3/h5-8H,4,9-10H2,1-3H3,(H,16,17). The summed E-state index contributed by atoms with van der Waals surface area (Å²) < 4.78 is 5.20. The molecule has 1 unspecified atom stereocenters. The molecule has 0 bridgehead atoms. The molecule has 1 amide bonds. The van der Waals surface area contributed by atoms with Crippen molar-refractivity contribution in [1.82, 2.24) is 5.32 Å². The van der Waals surface area contributed by atoms with Gasteiger partial charge >= 0.3 is 0 Å². The zero-order valence-electron chi connectivity index (χ0n) is 11.1. The average molecular weight is 314 g/mol. The third kappa shape index (κ3) is 3.73. The van der Waals surface area contributed by atoms with E-state index in [1.807, 2.05) is 12.1 Å². The van der Waals surface area contributed by atoms with Crippen LogP contribution >= 0.6 is 15.9 Å². The van der Waals surface area contributed by atoms with Crippen molar-refractivity contribution in [2.24, 2.45) is 0 Å². The fourth-order valence-electron chi connectivity index (χ4n) is 1.71. The van der Waals surface area contributed by atoms with Crippen molar-refractivity contribution in [3.63, 3.8) is 0 Å². The van der Waals surface area contributed by atoms with Gasteiger partial charge < -0.3 is 10.1 Å². The molecule has 4 heteroatoms. The molecular weight excluding hydrogens is 294 g/mol. The minimum atomic E-state index is -0.193. The Morgan fingerprint density at radius 1 is 1.44 bits per heavy atom. The smallest absolute Gasteiger partial charge is 0.255 e. The van der Waals surface area contributed by atoms with Crippen molar-refractivity contribution < 1.29 is 9.53 Å². The van der Waals surface area contributed by atoms with Crippen molar-refractivity contribution in [3.05, 3.63) is 29.8 Å². The molecule has 0 aromatic heterocycles. The van der Waals surface area contributed by atoms with Crippen molar-refractivity contribution >= 4 is 21.8 Å². The zero-order valence-corrected chi connectivity index (χ0v) is 12.7. The number of ether oxygens (including phenoxy) is 1. The molecule has 1 atom stereocenters. The molecule has 18 heavy (non-hydrogen) atoms. The Kier molecular flexibility index (Phi) is 5.66. The van der Waals surface area contributed by atoms with E-state index in [9.17, 15) is 4.79 Å². The van der Waals surface area contributed by atoms with Crippen LogP contribution in [0.3, 0.4) is 0 Å². The average Bonchev–Trinajstić information content (AvgIpc) is 2.38. The molecule has 1 aromatic rings. The molecule has 0 aliphatic rings. The van der Waals surface area contributed by atoms with Gasteiger partial charge in [-0.25, -0.2) is 0 Å². The van der Waals surface area contributed by atoms with E-state index in [0.717, 1.165) is 18.2 Å². The first-order chi connectivity index (χ1) is 8.56. The van der Waals surface area contributed by atoms with Gasteiger partial charge in [-0.05, 0) is 31.9 Å². The van der Waals surface area contributed by atoms with Crippen molar-refractivity contribution in [2.45, 2.75) is 32.2 Å². The quantitative estimate of drug-likeness (QED) is 0.818. The third-order valence-corrected chi connectivity index (χ3v) is 3.59. The van der Waals surface area contributed by atoms with Gasteiger partial charge in [0, 0.05) is 10.9 Å². The highest BCUT2D eigenvalue weighted by Crippen LogP contribution is 2.21. The number of carbonyl (C=O) groups is 1. The topological polar surface area (TPSA) is 38.3 Å². The van der Waals surface area contributed by atoms with Gasteiger partial charge in [-0.15, -0.1) is 0 Å². The molecule has 0 saturated carbocycles. The van der Waals surface area contributed by atoms with Gasteiger partial charge in [-0.1, -0.05) is 35.0 Å². The van der Waals surface area contributed by atoms with Crippen LogP contribution in [0.1, 0.15) is 37.0 Å².